The molecule has 1 aliphatic rings. The van der Waals surface area contributed by atoms with Crippen molar-refractivity contribution in [2.24, 2.45) is 4.99 Å². The van der Waals surface area contributed by atoms with Crippen LogP contribution in [0.15, 0.2) is 35.3 Å². The molecule has 6 nitrogen and oxygen atoms in total. The van der Waals surface area contributed by atoms with Gasteiger partial charge >= 0.3 is 0 Å². The minimum Gasteiger partial charge on any atom is -0.490 e. The zero-order chi connectivity index (χ0) is 19.8. The fourth-order valence-corrected chi connectivity index (χ4v) is 3.26. The molecule has 1 fully saturated rings. The summed E-state index contributed by atoms with van der Waals surface area (Å²) in [5, 5.41) is 11.3. The molecule has 2 N–H and O–H groups in total. The van der Waals surface area contributed by atoms with Crippen molar-refractivity contribution in [3.05, 3.63) is 47.3 Å². The van der Waals surface area contributed by atoms with E-state index in [1.54, 1.807) is 0 Å². The van der Waals surface area contributed by atoms with Crippen LogP contribution in [0.4, 0.5) is 0 Å². The van der Waals surface area contributed by atoms with Gasteiger partial charge in [0.2, 0.25) is 0 Å². The number of nitrogens with zero attached hydrogens (tertiary/aromatic N) is 3. The molecular weight excluding hydrogens is 350 g/mol. The van der Waals surface area contributed by atoms with Crippen molar-refractivity contribution in [3.63, 3.8) is 0 Å². The van der Waals surface area contributed by atoms with E-state index in [0.29, 0.717) is 12.6 Å². The van der Waals surface area contributed by atoms with Crippen molar-refractivity contribution in [2.45, 2.75) is 65.6 Å². The number of para-hydroxylation sites is 1. The minimum absolute atomic E-state index is 0.380. The van der Waals surface area contributed by atoms with Crippen molar-refractivity contribution in [2.75, 3.05) is 13.1 Å². The van der Waals surface area contributed by atoms with Crippen LogP contribution in [0.3, 0.4) is 0 Å². The molecule has 2 aromatic rings. The lowest BCUT2D eigenvalue weighted by molar-refractivity contribution is 0.119. The van der Waals surface area contributed by atoms with Crippen LogP contribution in [0.25, 0.3) is 0 Å². The largest absolute Gasteiger partial charge is 0.490 e. The number of rotatable bonds is 9. The lowest BCUT2D eigenvalue weighted by atomic mass is 9.96. The van der Waals surface area contributed by atoms with Crippen LogP contribution >= 0.6 is 0 Å². The molecule has 0 saturated heterocycles. The fourth-order valence-electron chi connectivity index (χ4n) is 3.26. The van der Waals surface area contributed by atoms with Gasteiger partial charge in [0.05, 0.1) is 18.3 Å². The highest BCUT2D eigenvalue weighted by Crippen LogP contribution is 2.27. The van der Waals surface area contributed by atoms with Gasteiger partial charge in [0.25, 0.3) is 0 Å². The lowest BCUT2D eigenvalue weighted by Crippen LogP contribution is -2.38. The molecule has 0 atom stereocenters. The van der Waals surface area contributed by atoms with Crippen molar-refractivity contribution >= 4 is 5.96 Å². The molecule has 3 rings (SSSR count). The van der Waals surface area contributed by atoms with E-state index in [9.17, 15) is 0 Å². The standard InChI is InChI=1S/C22H33N5O/c1-4-23-22(24-13-8-14-27-18(3)15-17(2)26-27)25-16-19-9-5-6-12-21(19)28-20-10-7-11-20/h5-6,9,12,15,20H,4,7-8,10-11,13-14,16H2,1-3H3,(H2,23,24,25). The topological polar surface area (TPSA) is 63.5 Å². The Kier molecular flexibility index (Phi) is 7.34. The van der Waals surface area contributed by atoms with Crippen LogP contribution in [-0.2, 0) is 13.1 Å². The molecular formula is C22H33N5O. The number of hydrogen-bond acceptors (Lipinski definition) is 3. The van der Waals surface area contributed by atoms with Crippen LogP contribution in [0.5, 0.6) is 5.75 Å². The maximum absolute atomic E-state index is 6.11. The van der Waals surface area contributed by atoms with Crippen LogP contribution in [0.1, 0.15) is 49.6 Å². The molecule has 6 heteroatoms. The predicted octanol–water partition coefficient (Wildman–Crippen LogP) is 3.58. The van der Waals surface area contributed by atoms with Gasteiger partial charge in [-0.3, -0.25) is 4.68 Å². The molecule has 0 aliphatic heterocycles. The first-order valence-electron chi connectivity index (χ1n) is 10.4. The quantitative estimate of drug-likeness (QED) is 0.395. The summed E-state index contributed by atoms with van der Waals surface area (Å²) in [5.74, 6) is 1.81. The summed E-state index contributed by atoms with van der Waals surface area (Å²) in [4.78, 5) is 4.75. The summed E-state index contributed by atoms with van der Waals surface area (Å²) in [6.45, 7) is 9.42. The average Bonchev–Trinajstić information content (AvgIpc) is 2.97. The molecule has 28 heavy (non-hydrogen) atoms. The Balaban J connectivity index is 1.51. The second-order valence-corrected chi connectivity index (χ2v) is 7.40. The summed E-state index contributed by atoms with van der Waals surface area (Å²) < 4.78 is 8.18. The van der Waals surface area contributed by atoms with E-state index >= 15 is 0 Å². The molecule has 1 heterocycles. The SMILES string of the molecule is CCNC(=NCc1ccccc1OC1CCC1)NCCCn1nc(C)cc1C. The van der Waals surface area contributed by atoms with Crippen LogP contribution in [-0.4, -0.2) is 34.9 Å². The third-order valence-corrected chi connectivity index (χ3v) is 5.01. The fraction of sp³-hybridized carbons (Fsp3) is 0.545. The first kappa shape index (κ1) is 20.2. The minimum atomic E-state index is 0.380. The zero-order valence-corrected chi connectivity index (χ0v) is 17.4. The Morgan fingerprint density at radius 1 is 1.25 bits per heavy atom. The van der Waals surface area contributed by atoms with E-state index in [-0.39, 0.29) is 0 Å². The van der Waals surface area contributed by atoms with Crippen LogP contribution in [0, 0.1) is 13.8 Å². The zero-order valence-electron chi connectivity index (χ0n) is 17.4. The highest BCUT2D eigenvalue weighted by atomic mass is 16.5. The van der Waals surface area contributed by atoms with Gasteiger partial charge in [0, 0.05) is 30.9 Å². The molecule has 1 saturated carbocycles. The monoisotopic (exact) mass is 383 g/mol. The highest BCUT2D eigenvalue weighted by molar-refractivity contribution is 5.79. The molecule has 1 aromatic heterocycles. The van der Waals surface area contributed by atoms with E-state index in [1.807, 2.05) is 19.1 Å². The normalized spacial score (nSPS) is 14.6. The Labute approximate surface area is 168 Å². The molecule has 0 bridgehead atoms. The highest BCUT2D eigenvalue weighted by Gasteiger charge is 2.20. The smallest absolute Gasteiger partial charge is 0.191 e. The van der Waals surface area contributed by atoms with Gasteiger partial charge in [-0.05, 0) is 58.6 Å². The molecule has 0 radical (unpaired) electrons. The number of ether oxygens (including phenoxy) is 1. The molecule has 0 spiro atoms. The number of aliphatic imine (C=N–C) groups is 1. The molecule has 152 valence electrons. The van der Waals surface area contributed by atoms with Crippen LogP contribution in [0.2, 0.25) is 0 Å². The molecule has 0 amide bonds. The molecule has 1 aromatic carbocycles. The summed E-state index contributed by atoms with van der Waals surface area (Å²) in [5.41, 5.74) is 3.42. The van der Waals surface area contributed by atoms with E-state index in [0.717, 1.165) is 61.9 Å². The first-order valence-corrected chi connectivity index (χ1v) is 10.4. The summed E-state index contributed by atoms with van der Waals surface area (Å²) >= 11 is 0. The predicted molar refractivity (Wildman–Crippen MR) is 114 cm³/mol. The van der Waals surface area contributed by atoms with Gasteiger partial charge in [-0.15, -0.1) is 0 Å². The van der Waals surface area contributed by atoms with Crippen LogP contribution < -0.4 is 15.4 Å². The number of benzene rings is 1. The van der Waals surface area contributed by atoms with E-state index in [2.05, 4.69) is 52.5 Å². The van der Waals surface area contributed by atoms with Gasteiger partial charge in [0.15, 0.2) is 5.96 Å². The second-order valence-electron chi connectivity index (χ2n) is 7.40. The Bertz CT molecular complexity index is 779. The van der Waals surface area contributed by atoms with E-state index in [4.69, 9.17) is 9.73 Å². The Morgan fingerprint density at radius 2 is 2.07 bits per heavy atom. The van der Waals surface area contributed by atoms with Gasteiger partial charge in [0.1, 0.15) is 5.75 Å². The van der Waals surface area contributed by atoms with Crippen molar-refractivity contribution in [1.82, 2.24) is 20.4 Å². The first-order chi connectivity index (χ1) is 13.7. The third kappa shape index (κ3) is 5.75. The summed E-state index contributed by atoms with van der Waals surface area (Å²) in [6.07, 6.45) is 4.98. The lowest BCUT2D eigenvalue weighted by Gasteiger charge is -2.27. The molecule has 0 unspecified atom stereocenters. The van der Waals surface area contributed by atoms with Gasteiger partial charge in [-0.25, -0.2) is 4.99 Å². The Morgan fingerprint density at radius 3 is 2.75 bits per heavy atom. The van der Waals surface area contributed by atoms with Crippen molar-refractivity contribution < 1.29 is 4.74 Å². The summed E-state index contributed by atoms with van der Waals surface area (Å²) in [7, 11) is 0. The maximum Gasteiger partial charge on any atom is 0.191 e. The average molecular weight is 384 g/mol. The number of aryl methyl sites for hydroxylation is 3. The second kappa shape index (κ2) is 10.2. The maximum atomic E-state index is 6.11. The van der Waals surface area contributed by atoms with Gasteiger partial charge in [-0.2, -0.15) is 5.10 Å². The number of guanidine groups is 1. The summed E-state index contributed by atoms with van der Waals surface area (Å²) in [6, 6.07) is 10.3. The number of hydrogen-bond donors (Lipinski definition) is 2. The molecule has 1 aliphatic carbocycles. The van der Waals surface area contributed by atoms with Gasteiger partial charge in [-0.1, -0.05) is 18.2 Å². The van der Waals surface area contributed by atoms with Crippen molar-refractivity contribution in [1.29, 1.82) is 0 Å². The van der Waals surface area contributed by atoms with E-state index < -0.39 is 0 Å². The van der Waals surface area contributed by atoms with Crippen molar-refractivity contribution in [3.8, 4) is 5.75 Å². The number of nitrogens with one attached hydrogen (secondary N) is 2. The van der Waals surface area contributed by atoms with Gasteiger partial charge < -0.3 is 15.4 Å². The van der Waals surface area contributed by atoms with E-state index in [1.165, 1.54) is 12.1 Å². The number of aromatic nitrogens is 2. The third-order valence-electron chi connectivity index (χ3n) is 5.01. The Hall–Kier alpha value is -2.50.